The molecule has 5 nitrogen and oxygen atoms in total. The zero-order chi connectivity index (χ0) is 17.1. The summed E-state index contributed by atoms with van der Waals surface area (Å²) in [6, 6.07) is 9.18. The van der Waals surface area contributed by atoms with Crippen molar-refractivity contribution >= 4 is 34.8 Å². The van der Waals surface area contributed by atoms with E-state index >= 15 is 0 Å². The van der Waals surface area contributed by atoms with E-state index in [1.165, 1.54) is 12.1 Å². The second-order valence-corrected chi connectivity index (χ2v) is 5.89. The van der Waals surface area contributed by atoms with Crippen molar-refractivity contribution in [2.75, 3.05) is 0 Å². The lowest BCUT2D eigenvalue weighted by molar-refractivity contribution is -0.385. The zero-order valence-electron chi connectivity index (χ0n) is 12.5. The van der Waals surface area contributed by atoms with Crippen molar-refractivity contribution in [3.63, 3.8) is 0 Å². The molecule has 0 saturated carbocycles. The summed E-state index contributed by atoms with van der Waals surface area (Å²) >= 11 is 11.8. The van der Waals surface area contributed by atoms with Gasteiger partial charge in [0.15, 0.2) is 0 Å². The minimum atomic E-state index is -0.505. The standard InChI is InChI=1S/C16H14Cl2N2O3/c1-9-12(4-3-5-15(9)20(22)23)16(21)19-10(2)11-6-7-13(17)14(18)8-11/h3-8,10H,1-2H3,(H,19,21). The maximum absolute atomic E-state index is 12.4. The Morgan fingerprint density at radius 3 is 2.52 bits per heavy atom. The lowest BCUT2D eigenvalue weighted by Gasteiger charge is -2.16. The number of nitrogens with one attached hydrogen (secondary N) is 1. The highest BCUT2D eigenvalue weighted by Crippen LogP contribution is 2.26. The van der Waals surface area contributed by atoms with Crippen LogP contribution in [0.2, 0.25) is 10.0 Å². The average molecular weight is 353 g/mol. The molecule has 2 aromatic rings. The van der Waals surface area contributed by atoms with Gasteiger partial charge in [0.05, 0.1) is 21.0 Å². The Labute approximate surface area is 143 Å². The maximum Gasteiger partial charge on any atom is 0.273 e. The van der Waals surface area contributed by atoms with E-state index in [0.29, 0.717) is 15.6 Å². The Balaban J connectivity index is 2.23. The third kappa shape index (κ3) is 3.81. The van der Waals surface area contributed by atoms with Crippen molar-refractivity contribution in [1.29, 1.82) is 0 Å². The number of hydrogen-bond acceptors (Lipinski definition) is 3. The van der Waals surface area contributed by atoms with Crippen LogP contribution in [0.15, 0.2) is 36.4 Å². The molecule has 0 spiro atoms. The fraction of sp³-hybridized carbons (Fsp3) is 0.188. The normalized spacial score (nSPS) is 11.8. The van der Waals surface area contributed by atoms with Crippen molar-refractivity contribution in [3.8, 4) is 0 Å². The highest BCUT2D eigenvalue weighted by Gasteiger charge is 2.19. The van der Waals surface area contributed by atoms with E-state index < -0.39 is 4.92 Å². The summed E-state index contributed by atoms with van der Waals surface area (Å²) in [5, 5.41) is 14.6. The van der Waals surface area contributed by atoms with Crippen molar-refractivity contribution in [2.45, 2.75) is 19.9 Å². The van der Waals surface area contributed by atoms with Gasteiger partial charge in [-0.15, -0.1) is 0 Å². The van der Waals surface area contributed by atoms with Crippen LogP contribution in [0.4, 0.5) is 5.69 Å². The molecule has 0 heterocycles. The number of nitrogens with zero attached hydrogens (tertiary/aromatic N) is 1. The van der Waals surface area contributed by atoms with E-state index in [1.807, 2.05) is 0 Å². The van der Waals surface area contributed by atoms with Crippen LogP contribution in [0.1, 0.15) is 34.5 Å². The highest BCUT2D eigenvalue weighted by molar-refractivity contribution is 6.42. The number of nitro benzene ring substituents is 1. The maximum atomic E-state index is 12.4. The van der Waals surface area contributed by atoms with Crippen LogP contribution in [-0.4, -0.2) is 10.8 Å². The van der Waals surface area contributed by atoms with E-state index in [1.54, 1.807) is 38.1 Å². The van der Waals surface area contributed by atoms with Gasteiger partial charge in [0.2, 0.25) is 0 Å². The van der Waals surface area contributed by atoms with Gasteiger partial charge in [0.25, 0.3) is 11.6 Å². The minimum Gasteiger partial charge on any atom is -0.346 e. The van der Waals surface area contributed by atoms with Crippen LogP contribution >= 0.6 is 23.2 Å². The lowest BCUT2D eigenvalue weighted by Crippen LogP contribution is -2.27. The minimum absolute atomic E-state index is 0.0835. The smallest absolute Gasteiger partial charge is 0.273 e. The molecule has 1 N–H and O–H groups in total. The molecule has 120 valence electrons. The van der Waals surface area contributed by atoms with Gasteiger partial charge in [-0.25, -0.2) is 0 Å². The first-order valence-corrected chi connectivity index (χ1v) is 7.56. The summed E-state index contributed by atoms with van der Waals surface area (Å²) < 4.78 is 0. The molecule has 7 heteroatoms. The molecule has 2 aromatic carbocycles. The monoisotopic (exact) mass is 352 g/mol. The summed E-state index contributed by atoms with van der Waals surface area (Å²) in [7, 11) is 0. The van der Waals surface area contributed by atoms with Crippen molar-refractivity contribution < 1.29 is 9.72 Å². The Bertz CT molecular complexity index is 778. The Morgan fingerprint density at radius 1 is 1.22 bits per heavy atom. The van der Waals surface area contributed by atoms with Crippen molar-refractivity contribution in [1.82, 2.24) is 5.32 Å². The molecular formula is C16H14Cl2N2O3. The van der Waals surface area contributed by atoms with Crippen molar-refractivity contribution in [3.05, 3.63) is 73.2 Å². The van der Waals surface area contributed by atoms with E-state index in [-0.39, 0.29) is 23.2 Å². The summed E-state index contributed by atoms with van der Waals surface area (Å²) in [6.07, 6.45) is 0. The third-order valence-electron chi connectivity index (χ3n) is 3.54. The zero-order valence-corrected chi connectivity index (χ0v) is 14.0. The number of hydrogen-bond donors (Lipinski definition) is 1. The topological polar surface area (TPSA) is 72.2 Å². The predicted molar refractivity (Wildman–Crippen MR) is 90.2 cm³/mol. The molecule has 0 aliphatic rings. The number of amides is 1. The number of rotatable bonds is 4. The summed E-state index contributed by atoms with van der Waals surface area (Å²) in [5.74, 6) is -0.384. The summed E-state index contributed by atoms with van der Waals surface area (Å²) in [5.41, 5.74) is 1.30. The van der Waals surface area contributed by atoms with Gasteiger partial charge >= 0.3 is 0 Å². The lowest BCUT2D eigenvalue weighted by atomic mass is 10.0. The van der Waals surface area contributed by atoms with Crippen molar-refractivity contribution in [2.24, 2.45) is 0 Å². The molecule has 1 amide bonds. The number of benzene rings is 2. The van der Waals surface area contributed by atoms with Gasteiger partial charge in [0, 0.05) is 17.2 Å². The number of halogens is 2. The van der Waals surface area contributed by atoms with Gasteiger partial charge in [-0.3, -0.25) is 14.9 Å². The average Bonchev–Trinajstić information content (AvgIpc) is 2.49. The van der Waals surface area contributed by atoms with E-state index in [2.05, 4.69) is 5.32 Å². The van der Waals surface area contributed by atoms with Gasteiger partial charge in [0.1, 0.15) is 0 Å². The molecule has 0 aliphatic carbocycles. The Kier molecular flexibility index (Phi) is 5.23. The van der Waals surface area contributed by atoms with Crippen LogP contribution in [0, 0.1) is 17.0 Å². The van der Waals surface area contributed by atoms with E-state index in [9.17, 15) is 14.9 Å². The SMILES string of the molecule is Cc1c(C(=O)NC(C)c2ccc(Cl)c(Cl)c2)cccc1[N+](=O)[O-]. The molecule has 0 aliphatic heterocycles. The highest BCUT2D eigenvalue weighted by atomic mass is 35.5. The molecule has 0 fully saturated rings. The first-order chi connectivity index (χ1) is 10.8. The second kappa shape index (κ2) is 6.98. The van der Waals surface area contributed by atoms with Crippen LogP contribution in [0.3, 0.4) is 0 Å². The van der Waals surface area contributed by atoms with Gasteiger partial charge in [-0.1, -0.05) is 35.3 Å². The van der Waals surface area contributed by atoms with E-state index in [0.717, 1.165) is 5.56 Å². The quantitative estimate of drug-likeness (QED) is 0.640. The van der Waals surface area contributed by atoms with E-state index in [4.69, 9.17) is 23.2 Å². The summed E-state index contributed by atoms with van der Waals surface area (Å²) in [6.45, 7) is 3.35. The van der Waals surface area contributed by atoms with Gasteiger partial charge in [-0.05, 0) is 37.6 Å². The van der Waals surface area contributed by atoms with Crippen LogP contribution in [0.5, 0.6) is 0 Å². The number of nitro groups is 1. The molecule has 0 radical (unpaired) electrons. The predicted octanol–water partition coefficient (Wildman–Crippen LogP) is 4.70. The van der Waals surface area contributed by atoms with Gasteiger partial charge < -0.3 is 5.32 Å². The largest absolute Gasteiger partial charge is 0.346 e. The van der Waals surface area contributed by atoms with Crippen LogP contribution in [0.25, 0.3) is 0 Å². The first kappa shape index (κ1) is 17.2. The number of carbonyl (C=O) groups excluding carboxylic acids is 1. The van der Waals surface area contributed by atoms with Crippen LogP contribution in [-0.2, 0) is 0 Å². The molecule has 1 atom stereocenters. The molecule has 2 rings (SSSR count). The fourth-order valence-electron chi connectivity index (χ4n) is 2.21. The number of carbonyl (C=O) groups is 1. The third-order valence-corrected chi connectivity index (χ3v) is 4.28. The van der Waals surface area contributed by atoms with Crippen LogP contribution < -0.4 is 5.32 Å². The molecule has 0 aromatic heterocycles. The Morgan fingerprint density at radius 2 is 1.91 bits per heavy atom. The fourth-order valence-corrected chi connectivity index (χ4v) is 2.51. The Hall–Kier alpha value is -2.11. The molecule has 0 bridgehead atoms. The molecule has 0 saturated heterocycles. The second-order valence-electron chi connectivity index (χ2n) is 5.08. The molecule has 1 unspecified atom stereocenters. The first-order valence-electron chi connectivity index (χ1n) is 6.81. The summed E-state index contributed by atoms with van der Waals surface area (Å²) in [4.78, 5) is 22.8. The molecule has 23 heavy (non-hydrogen) atoms. The van der Waals surface area contributed by atoms with Gasteiger partial charge in [-0.2, -0.15) is 0 Å². The molecular weight excluding hydrogens is 339 g/mol.